The largest absolute Gasteiger partial charge is 0.325 e. The second kappa shape index (κ2) is 7.06. The van der Waals surface area contributed by atoms with Crippen LogP contribution in [0.2, 0.25) is 0 Å². The van der Waals surface area contributed by atoms with E-state index in [0.29, 0.717) is 18.8 Å². The zero-order valence-corrected chi connectivity index (χ0v) is 14.4. The van der Waals surface area contributed by atoms with E-state index in [1.54, 1.807) is 32.2 Å². The molecule has 0 fully saturated rings. The molecule has 0 aliphatic carbocycles. The number of carbonyl (C=O) groups is 1. The van der Waals surface area contributed by atoms with Crippen molar-refractivity contribution in [3.63, 3.8) is 0 Å². The normalized spacial score (nSPS) is 11.8. The molecule has 0 spiro atoms. The van der Waals surface area contributed by atoms with Gasteiger partial charge in [0.1, 0.15) is 5.75 Å². The maximum absolute atomic E-state index is 12.2. The molecule has 1 aromatic heterocycles. The van der Waals surface area contributed by atoms with E-state index in [-0.39, 0.29) is 0 Å². The van der Waals surface area contributed by atoms with Gasteiger partial charge in [0.25, 0.3) is 0 Å². The molecule has 1 N–H and O–H groups in total. The van der Waals surface area contributed by atoms with Gasteiger partial charge >= 0.3 is 0 Å². The Bertz CT molecular complexity index is 814. The van der Waals surface area contributed by atoms with Crippen LogP contribution in [0, 0.1) is 6.92 Å². The highest BCUT2D eigenvalue weighted by atomic mass is 32.2. The van der Waals surface area contributed by atoms with E-state index in [0.717, 1.165) is 16.5 Å². The summed E-state index contributed by atoms with van der Waals surface area (Å²) in [6, 6.07) is 7.25. The molecule has 0 aliphatic heterocycles. The van der Waals surface area contributed by atoms with Gasteiger partial charge in [-0.1, -0.05) is 19.9 Å². The number of aromatic nitrogens is 1. The minimum atomic E-state index is -3.60. The third kappa shape index (κ3) is 3.86. The standard InChI is InChI=1S/C16H21N3O3S/c1-4-19(5-2)23(21,22)11-15(20)18-14-9-8-12(3)16-13(14)7-6-10-17-16/h6-10H,4-5,11H2,1-3H3,(H,18,20). The number of carbonyl (C=O) groups excluding carboxylic acids is 1. The fourth-order valence-corrected chi connectivity index (χ4v) is 3.86. The van der Waals surface area contributed by atoms with Crippen molar-refractivity contribution in [2.24, 2.45) is 0 Å². The summed E-state index contributed by atoms with van der Waals surface area (Å²) in [6.07, 6.45) is 1.69. The van der Waals surface area contributed by atoms with Crippen molar-refractivity contribution in [2.75, 3.05) is 24.2 Å². The summed E-state index contributed by atoms with van der Waals surface area (Å²) in [6.45, 7) is 6.13. The van der Waals surface area contributed by atoms with Gasteiger partial charge in [-0.2, -0.15) is 0 Å². The highest BCUT2D eigenvalue weighted by Gasteiger charge is 2.23. The Kier molecular flexibility index (Phi) is 5.33. The van der Waals surface area contributed by atoms with Crippen molar-refractivity contribution in [3.05, 3.63) is 36.0 Å². The third-order valence-corrected chi connectivity index (χ3v) is 5.59. The SMILES string of the molecule is CCN(CC)S(=O)(=O)CC(=O)Nc1ccc(C)c2ncccc12. The van der Waals surface area contributed by atoms with E-state index in [1.165, 1.54) is 4.31 Å². The number of nitrogens with zero attached hydrogens (tertiary/aromatic N) is 2. The molecule has 1 heterocycles. The average molecular weight is 335 g/mol. The van der Waals surface area contributed by atoms with Crippen molar-refractivity contribution in [2.45, 2.75) is 20.8 Å². The van der Waals surface area contributed by atoms with Crippen LogP contribution in [0.5, 0.6) is 0 Å². The monoisotopic (exact) mass is 335 g/mol. The first-order valence-electron chi connectivity index (χ1n) is 7.51. The zero-order valence-electron chi connectivity index (χ0n) is 13.5. The molecule has 2 rings (SSSR count). The summed E-state index contributed by atoms with van der Waals surface area (Å²) in [5.74, 6) is -1.12. The number of aryl methyl sites for hydroxylation is 1. The maximum atomic E-state index is 12.2. The third-order valence-electron chi connectivity index (χ3n) is 3.66. The lowest BCUT2D eigenvalue weighted by atomic mass is 10.1. The Balaban J connectivity index is 2.23. The molecular weight excluding hydrogens is 314 g/mol. The van der Waals surface area contributed by atoms with Gasteiger partial charge in [-0.3, -0.25) is 9.78 Å². The summed E-state index contributed by atoms with van der Waals surface area (Å²) in [4.78, 5) is 16.5. The van der Waals surface area contributed by atoms with Crippen LogP contribution in [-0.4, -0.2) is 42.5 Å². The predicted molar refractivity (Wildman–Crippen MR) is 91.8 cm³/mol. The number of hydrogen-bond acceptors (Lipinski definition) is 4. The Morgan fingerprint density at radius 1 is 1.22 bits per heavy atom. The number of sulfonamides is 1. The van der Waals surface area contributed by atoms with Crippen molar-refractivity contribution in [3.8, 4) is 0 Å². The van der Waals surface area contributed by atoms with Gasteiger partial charge in [-0.15, -0.1) is 0 Å². The lowest BCUT2D eigenvalue weighted by molar-refractivity contribution is -0.113. The van der Waals surface area contributed by atoms with E-state index in [1.807, 2.05) is 19.1 Å². The molecule has 1 amide bonds. The van der Waals surface area contributed by atoms with Gasteiger partial charge in [-0.05, 0) is 30.7 Å². The molecule has 0 unspecified atom stereocenters. The predicted octanol–water partition coefficient (Wildman–Crippen LogP) is 2.15. The number of hydrogen-bond donors (Lipinski definition) is 1. The molecular formula is C16H21N3O3S. The molecule has 2 aromatic rings. The zero-order chi connectivity index (χ0) is 17.0. The second-order valence-electron chi connectivity index (χ2n) is 5.22. The van der Waals surface area contributed by atoms with Crippen molar-refractivity contribution in [1.29, 1.82) is 0 Å². The molecule has 23 heavy (non-hydrogen) atoms. The highest BCUT2D eigenvalue weighted by Crippen LogP contribution is 2.24. The summed E-state index contributed by atoms with van der Waals surface area (Å²) < 4.78 is 25.6. The van der Waals surface area contributed by atoms with E-state index < -0.39 is 21.7 Å². The van der Waals surface area contributed by atoms with E-state index in [2.05, 4.69) is 10.3 Å². The first kappa shape index (κ1) is 17.4. The number of amides is 1. The molecule has 0 bridgehead atoms. The first-order chi connectivity index (χ1) is 10.9. The van der Waals surface area contributed by atoms with Gasteiger partial charge in [0, 0.05) is 24.7 Å². The highest BCUT2D eigenvalue weighted by molar-refractivity contribution is 7.89. The topological polar surface area (TPSA) is 79.4 Å². The number of rotatable bonds is 6. The maximum Gasteiger partial charge on any atom is 0.241 e. The molecule has 1 aromatic carbocycles. The fourth-order valence-electron chi connectivity index (χ4n) is 2.48. The first-order valence-corrected chi connectivity index (χ1v) is 9.12. The lowest BCUT2D eigenvalue weighted by Gasteiger charge is -2.18. The lowest BCUT2D eigenvalue weighted by Crippen LogP contribution is -2.36. The molecule has 7 heteroatoms. The Hall–Kier alpha value is -1.99. The quantitative estimate of drug-likeness (QED) is 0.877. The van der Waals surface area contributed by atoms with Crippen LogP contribution in [0.15, 0.2) is 30.5 Å². The van der Waals surface area contributed by atoms with Crippen LogP contribution in [0.3, 0.4) is 0 Å². The summed E-state index contributed by atoms with van der Waals surface area (Å²) >= 11 is 0. The Labute approximate surface area is 136 Å². The molecule has 0 saturated heterocycles. The van der Waals surface area contributed by atoms with Crippen LogP contribution in [0.25, 0.3) is 10.9 Å². The number of benzene rings is 1. The number of pyridine rings is 1. The average Bonchev–Trinajstić information content (AvgIpc) is 2.50. The summed E-state index contributed by atoms with van der Waals surface area (Å²) in [5, 5.41) is 3.48. The van der Waals surface area contributed by atoms with Crippen molar-refractivity contribution >= 4 is 32.5 Å². The van der Waals surface area contributed by atoms with Crippen molar-refractivity contribution in [1.82, 2.24) is 9.29 Å². The second-order valence-corrected chi connectivity index (χ2v) is 7.19. The van der Waals surface area contributed by atoms with Crippen LogP contribution in [0.4, 0.5) is 5.69 Å². The number of anilines is 1. The minimum Gasteiger partial charge on any atom is -0.325 e. The summed E-state index contributed by atoms with van der Waals surface area (Å²) in [7, 11) is -3.60. The molecule has 0 radical (unpaired) electrons. The van der Waals surface area contributed by atoms with Crippen LogP contribution < -0.4 is 5.32 Å². The molecule has 0 aliphatic rings. The smallest absolute Gasteiger partial charge is 0.241 e. The van der Waals surface area contributed by atoms with Gasteiger partial charge < -0.3 is 5.32 Å². The Morgan fingerprint density at radius 2 is 1.91 bits per heavy atom. The molecule has 124 valence electrons. The van der Waals surface area contributed by atoms with E-state index >= 15 is 0 Å². The fraction of sp³-hybridized carbons (Fsp3) is 0.375. The van der Waals surface area contributed by atoms with Gasteiger partial charge in [0.2, 0.25) is 15.9 Å². The number of fused-ring (bicyclic) bond motifs is 1. The van der Waals surface area contributed by atoms with Crippen LogP contribution in [-0.2, 0) is 14.8 Å². The summed E-state index contributed by atoms with van der Waals surface area (Å²) in [5.41, 5.74) is 2.35. The van der Waals surface area contributed by atoms with E-state index in [4.69, 9.17) is 0 Å². The molecule has 6 nitrogen and oxygen atoms in total. The van der Waals surface area contributed by atoms with Gasteiger partial charge in [0.05, 0.1) is 11.2 Å². The minimum absolute atomic E-state index is 0.351. The molecule has 0 atom stereocenters. The van der Waals surface area contributed by atoms with Crippen molar-refractivity contribution < 1.29 is 13.2 Å². The van der Waals surface area contributed by atoms with Crippen LogP contribution >= 0.6 is 0 Å². The molecule has 0 saturated carbocycles. The van der Waals surface area contributed by atoms with E-state index in [9.17, 15) is 13.2 Å². The van der Waals surface area contributed by atoms with Gasteiger partial charge in [-0.25, -0.2) is 12.7 Å². The van der Waals surface area contributed by atoms with Crippen LogP contribution in [0.1, 0.15) is 19.4 Å². The number of nitrogens with one attached hydrogen (secondary N) is 1. The Morgan fingerprint density at radius 3 is 2.57 bits per heavy atom. The van der Waals surface area contributed by atoms with Gasteiger partial charge in [0.15, 0.2) is 0 Å².